The van der Waals surface area contributed by atoms with Gasteiger partial charge >= 0.3 is 0 Å². The summed E-state index contributed by atoms with van der Waals surface area (Å²) in [5, 5.41) is 2.86. The number of hydrogen-bond acceptors (Lipinski definition) is 2. The van der Waals surface area contributed by atoms with Crippen LogP contribution in [0.5, 0.6) is 0 Å². The van der Waals surface area contributed by atoms with Crippen molar-refractivity contribution in [2.45, 2.75) is 26.8 Å². The van der Waals surface area contributed by atoms with Crippen LogP contribution in [0.1, 0.15) is 26.0 Å². The minimum Gasteiger partial charge on any atom is -0.459 e. The third-order valence-electron chi connectivity index (χ3n) is 2.84. The highest BCUT2D eigenvalue weighted by molar-refractivity contribution is 9.10. The number of rotatable bonds is 5. The Balaban J connectivity index is 1.95. The van der Waals surface area contributed by atoms with Gasteiger partial charge < -0.3 is 9.73 Å². The highest BCUT2D eigenvalue weighted by atomic mass is 79.9. The van der Waals surface area contributed by atoms with Crippen molar-refractivity contribution in [2.24, 2.45) is 5.92 Å². The Morgan fingerprint density at radius 3 is 2.55 bits per heavy atom. The van der Waals surface area contributed by atoms with E-state index < -0.39 is 0 Å². The maximum absolute atomic E-state index is 11.6. The largest absolute Gasteiger partial charge is 0.459 e. The van der Waals surface area contributed by atoms with Crippen LogP contribution in [0.3, 0.4) is 0 Å². The quantitative estimate of drug-likeness (QED) is 0.881. The SMILES string of the molecule is CC(C)CC(=O)NCc1ccc(-c2ccc(Br)cc2)o1. The van der Waals surface area contributed by atoms with E-state index in [0.717, 1.165) is 21.6 Å². The van der Waals surface area contributed by atoms with E-state index in [-0.39, 0.29) is 5.91 Å². The summed E-state index contributed by atoms with van der Waals surface area (Å²) in [6.45, 7) is 4.48. The third kappa shape index (κ3) is 4.23. The van der Waals surface area contributed by atoms with Gasteiger partial charge in [-0.2, -0.15) is 0 Å². The summed E-state index contributed by atoms with van der Waals surface area (Å²) in [6, 6.07) is 11.7. The summed E-state index contributed by atoms with van der Waals surface area (Å²) in [5.74, 6) is 2.00. The van der Waals surface area contributed by atoms with Gasteiger partial charge in [-0.1, -0.05) is 41.9 Å². The Morgan fingerprint density at radius 1 is 1.20 bits per heavy atom. The predicted octanol–water partition coefficient (Wildman–Crippen LogP) is 4.37. The molecule has 106 valence electrons. The standard InChI is InChI=1S/C16H18BrNO2/c1-11(2)9-16(19)18-10-14-7-8-15(20-14)12-3-5-13(17)6-4-12/h3-8,11H,9-10H2,1-2H3,(H,18,19). The van der Waals surface area contributed by atoms with Gasteiger partial charge in [-0.05, 0) is 30.2 Å². The summed E-state index contributed by atoms with van der Waals surface area (Å²) >= 11 is 3.41. The number of hydrogen-bond donors (Lipinski definition) is 1. The Hall–Kier alpha value is -1.55. The maximum atomic E-state index is 11.6. The second kappa shape index (κ2) is 6.75. The van der Waals surface area contributed by atoms with Gasteiger partial charge in [0.05, 0.1) is 6.54 Å². The van der Waals surface area contributed by atoms with Gasteiger partial charge in [0.15, 0.2) is 0 Å². The summed E-state index contributed by atoms with van der Waals surface area (Å²) in [7, 11) is 0. The van der Waals surface area contributed by atoms with Crippen LogP contribution in [0, 0.1) is 5.92 Å². The molecule has 0 radical (unpaired) electrons. The van der Waals surface area contributed by atoms with Crippen molar-refractivity contribution in [3.05, 3.63) is 46.6 Å². The Morgan fingerprint density at radius 2 is 1.90 bits per heavy atom. The molecule has 0 aliphatic carbocycles. The summed E-state index contributed by atoms with van der Waals surface area (Å²) < 4.78 is 6.77. The predicted molar refractivity (Wildman–Crippen MR) is 83.1 cm³/mol. The zero-order valence-electron chi connectivity index (χ0n) is 11.7. The minimum atomic E-state index is 0.0570. The lowest BCUT2D eigenvalue weighted by molar-refractivity contribution is -0.122. The van der Waals surface area contributed by atoms with Gasteiger partial charge in [-0.15, -0.1) is 0 Å². The van der Waals surface area contributed by atoms with E-state index in [2.05, 4.69) is 21.2 Å². The van der Waals surface area contributed by atoms with Crippen LogP contribution < -0.4 is 5.32 Å². The summed E-state index contributed by atoms with van der Waals surface area (Å²) in [5.41, 5.74) is 1.02. The van der Waals surface area contributed by atoms with Crippen molar-refractivity contribution < 1.29 is 9.21 Å². The molecule has 1 heterocycles. The van der Waals surface area contributed by atoms with Crippen molar-refractivity contribution in [1.29, 1.82) is 0 Å². The minimum absolute atomic E-state index is 0.0570. The molecule has 1 amide bonds. The fourth-order valence-electron chi connectivity index (χ4n) is 1.87. The van der Waals surface area contributed by atoms with Crippen LogP contribution in [0.2, 0.25) is 0 Å². The smallest absolute Gasteiger partial charge is 0.220 e. The molecule has 2 aromatic rings. The lowest BCUT2D eigenvalue weighted by atomic mass is 10.1. The molecule has 3 nitrogen and oxygen atoms in total. The summed E-state index contributed by atoms with van der Waals surface area (Å²) in [4.78, 5) is 11.6. The van der Waals surface area contributed by atoms with Gasteiger partial charge in [0.25, 0.3) is 0 Å². The van der Waals surface area contributed by atoms with Crippen LogP contribution in [0.15, 0.2) is 45.3 Å². The van der Waals surface area contributed by atoms with E-state index >= 15 is 0 Å². The summed E-state index contributed by atoms with van der Waals surface area (Å²) in [6.07, 6.45) is 0.542. The molecule has 0 aliphatic heterocycles. The molecule has 1 aromatic heterocycles. The molecule has 0 bridgehead atoms. The van der Waals surface area contributed by atoms with Crippen molar-refractivity contribution >= 4 is 21.8 Å². The van der Waals surface area contributed by atoms with E-state index in [9.17, 15) is 4.79 Å². The van der Waals surface area contributed by atoms with Gasteiger partial charge in [0, 0.05) is 16.5 Å². The van der Waals surface area contributed by atoms with Crippen molar-refractivity contribution in [3.63, 3.8) is 0 Å². The maximum Gasteiger partial charge on any atom is 0.220 e. The Labute approximate surface area is 127 Å². The van der Waals surface area contributed by atoms with Gasteiger partial charge in [0.2, 0.25) is 5.91 Å². The fourth-order valence-corrected chi connectivity index (χ4v) is 2.14. The first-order valence-corrected chi connectivity index (χ1v) is 7.45. The van der Waals surface area contributed by atoms with Crippen LogP contribution >= 0.6 is 15.9 Å². The molecule has 0 saturated carbocycles. The van der Waals surface area contributed by atoms with E-state index in [4.69, 9.17) is 4.42 Å². The average Bonchev–Trinajstić information content (AvgIpc) is 2.85. The molecule has 0 aliphatic rings. The molecule has 0 saturated heterocycles. The molecule has 1 aromatic carbocycles. The molecule has 4 heteroatoms. The number of carbonyl (C=O) groups is 1. The van der Waals surface area contributed by atoms with Crippen LogP contribution in [0.25, 0.3) is 11.3 Å². The number of carbonyl (C=O) groups excluding carboxylic acids is 1. The Kier molecular flexibility index (Phi) is 5.01. The second-order valence-corrected chi connectivity index (χ2v) is 6.06. The number of amides is 1. The molecule has 1 N–H and O–H groups in total. The average molecular weight is 336 g/mol. The molecule has 0 spiro atoms. The van der Waals surface area contributed by atoms with Crippen molar-refractivity contribution in [2.75, 3.05) is 0 Å². The zero-order chi connectivity index (χ0) is 14.5. The molecular weight excluding hydrogens is 318 g/mol. The van der Waals surface area contributed by atoms with Crippen LogP contribution in [0.4, 0.5) is 0 Å². The first-order chi connectivity index (χ1) is 9.54. The number of benzene rings is 1. The van der Waals surface area contributed by atoms with E-state index in [1.165, 1.54) is 0 Å². The van der Waals surface area contributed by atoms with Gasteiger partial charge in [0.1, 0.15) is 11.5 Å². The zero-order valence-corrected chi connectivity index (χ0v) is 13.2. The lowest BCUT2D eigenvalue weighted by Crippen LogP contribution is -2.23. The molecule has 0 unspecified atom stereocenters. The fraction of sp³-hybridized carbons (Fsp3) is 0.312. The van der Waals surface area contributed by atoms with Crippen molar-refractivity contribution in [3.8, 4) is 11.3 Å². The molecule has 0 atom stereocenters. The van der Waals surface area contributed by atoms with Crippen molar-refractivity contribution in [1.82, 2.24) is 5.32 Å². The first kappa shape index (κ1) is 14.9. The lowest BCUT2D eigenvalue weighted by Gasteiger charge is -2.05. The van der Waals surface area contributed by atoms with Gasteiger partial charge in [-0.3, -0.25) is 4.79 Å². The second-order valence-electron chi connectivity index (χ2n) is 5.15. The number of halogens is 1. The van der Waals surface area contributed by atoms with E-state index in [1.54, 1.807) is 0 Å². The highest BCUT2D eigenvalue weighted by Crippen LogP contribution is 2.23. The topological polar surface area (TPSA) is 42.2 Å². The highest BCUT2D eigenvalue weighted by Gasteiger charge is 2.07. The monoisotopic (exact) mass is 335 g/mol. The van der Waals surface area contributed by atoms with Crippen LogP contribution in [-0.4, -0.2) is 5.91 Å². The molecular formula is C16H18BrNO2. The number of furan rings is 1. The van der Waals surface area contributed by atoms with Gasteiger partial charge in [-0.25, -0.2) is 0 Å². The van der Waals surface area contributed by atoms with Crippen LogP contribution in [-0.2, 0) is 11.3 Å². The Bertz CT molecular complexity index is 572. The normalized spacial score (nSPS) is 10.8. The van der Waals surface area contributed by atoms with E-state index in [1.807, 2.05) is 50.2 Å². The third-order valence-corrected chi connectivity index (χ3v) is 3.37. The van der Waals surface area contributed by atoms with E-state index in [0.29, 0.717) is 18.9 Å². The number of nitrogens with one attached hydrogen (secondary N) is 1. The molecule has 2 rings (SSSR count). The first-order valence-electron chi connectivity index (χ1n) is 6.66. The molecule has 20 heavy (non-hydrogen) atoms. The molecule has 0 fully saturated rings.